The summed E-state index contributed by atoms with van der Waals surface area (Å²) in [6, 6.07) is 11.1. The number of ketones is 1. The Labute approximate surface area is 228 Å². The van der Waals surface area contributed by atoms with Gasteiger partial charge in [0.25, 0.3) is 0 Å². The summed E-state index contributed by atoms with van der Waals surface area (Å²) in [5, 5.41) is 3.37. The molecule has 2 aromatic carbocycles. The first kappa shape index (κ1) is 28.0. The molecular formula is C30H35NO8. The summed E-state index contributed by atoms with van der Waals surface area (Å²) in [6.07, 6.45) is 0.852. The topological polar surface area (TPSA) is 102 Å². The highest BCUT2D eigenvalue weighted by Gasteiger charge is 2.42. The van der Waals surface area contributed by atoms with Crippen LogP contribution >= 0.6 is 0 Å². The summed E-state index contributed by atoms with van der Waals surface area (Å²) in [7, 11) is 7.84. The zero-order valence-corrected chi connectivity index (χ0v) is 23.2. The minimum atomic E-state index is -0.670. The molecule has 0 bridgehead atoms. The third kappa shape index (κ3) is 5.59. The molecule has 2 atom stereocenters. The van der Waals surface area contributed by atoms with Crippen LogP contribution in [-0.2, 0) is 19.1 Å². The first-order valence-corrected chi connectivity index (χ1v) is 12.7. The van der Waals surface area contributed by atoms with Crippen molar-refractivity contribution in [1.29, 1.82) is 0 Å². The molecule has 0 unspecified atom stereocenters. The lowest BCUT2D eigenvalue weighted by atomic mass is 9.71. The Morgan fingerprint density at radius 3 is 2.28 bits per heavy atom. The summed E-state index contributed by atoms with van der Waals surface area (Å²) in [5.74, 6) is 1.03. The summed E-state index contributed by atoms with van der Waals surface area (Å²) in [4.78, 5) is 27.3. The van der Waals surface area contributed by atoms with Crippen molar-refractivity contribution >= 4 is 11.8 Å². The summed E-state index contributed by atoms with van der Waals surface area (Å²) < 4.78 is 32.5. The van der Waals surface area contributed by atoms with Gasteiger partial charge in [-0.05, 0) is 43.0 Å². The second kappa shape index (κ2) is 12.3. The molecule has 1 aliphatic heterocycles. The number of hydrogen-bond donors (Lipinski definition) is 1. The predicted molar refractivity (Wildman–Crippen MR) is 145 cm³/mol. The van der Waals surface area contributed by atoms with Gasteiger partial charge >= 0.3 is 5.97 Å². The molecule has 0 spiro atoms. The van der Waals surface area contributed by atoms with Crippen LogP contribution in [0.5, 0.6) is 23.0 Å². The largest absolute Gasteiger partial charge is 0.497 e. The summed E-state index contributed by atoms with van der Waals surface area (Å²) in [6.45, 7) is 2.19. The zero-order chi connectivity index (χ0) is 28.1. The number of methoxy groups -OCH3 is 5. The van der Waals surface area contributed by atoms with E-state index < -0.39 is 11.9 Å². The predicted octanol–water partition coefficient (Wildman–Crippen LogP) is 4.27. The number of esters is 1. The number of nitrogens with one attached hydrogen (secondary N) is 1. The van der Waals surface area contributed by atoms with Crippen molar-refractivity contribution in [3.05, 3.63) is 70.1 Å². The highest BCUT2D eigenvalue weighted by atomic mass is 16.6. The van der Waals surface area contributed by atoms with Gasteiger partial charge in [-0.1, -0.05) is 12.1 Å². The average Bonchev–Trinajstić information content (AvgIpc) is 2.95. The van der Waals surface area contributed by atoms with E-state index in [-0.39, 0.29) is 31.3 Å². The number of dihydropyridines is 1. The molecule has 1 N–H and O–H groups in total. The van der Waals surface area contributed by atoms with Crippen LogP contribution in [0.1, 0.15) is 42.7 Å². The van der Waals surface area contributed by atoms with E-state index >= 15 is 0 Å². The van der Waals surface area contributed by atoms with Crippen molar-refractivity contribution in [3.8, 4) is 23.0 Å². The van der Waals surface area contributed by atoms with Crippen molar-refractivity contribution in [2.45, 2.75) is 31.6 Å². The normalized spacial score (nSPS) is 18.8. The van der Waals surface area contributed by atoms with Crippen molar-refractivity contribution in [1.82, 2.24) is 5.32 Å². The maximum atomic E-state index is 13.9. The summed E-state index contributed by atoms with van der Waals surface area (Å²) >= 11 is 0. The van der Waals surface area contributed by atoms with Gasteiger partial charge in [-0.2, -0.15) is 0 Å². The maximum Gasteiger partial charge on any atom is 0.336 e. The van der Waals surface area contributed by atoms with Gasteiger partial charge in [0.1, 0.15) is 18.1 Å². The first-order valence-electron chi connectivity index (χ1n) is 12.7. The Hall–Kier alpha value is -3.98. The van der Waals surface area contributed by atoms with Crippen molar-refractivity contribution in [2.24, 2.45) is 0 Å². The fraction of sp³-hybridized carbons (Fsp3) is 0.400. The van der Waals surface area contributed by atoms with E-state index in [1.165, 1.54) is 7.11 Å². The molecular weight excluding hydrogens is 502 g/mol. The number of carbonyl (C=O) groups is 2. The van der Waals surface area contributed by atoms with Gasteiger partial charge in [0, 0.05) is 42.1 Å². The molecule has 39 heavy (non-hydrogen) atoms. The lowest BCUT2D eigenvalue weighted by molar-refractivity contribution is -0.140. The van der Waals surface area contributed by atoms with Crippen molar-refractivity contribution < 1.29 is 38.0 Å². The van der Waals surface area contributed by atoms with E-state index in [9.17, 15) is 9.59 Å². The molecule has 9 nitrogen and oxygen atoms in total. The van der Waals surface area contributed by atoms with E-state index in [0.717, 1.165) is 11.3 Å². The molecule has 0 saturated heterocycles. The van der Waals surface area contributed by atoms with Crippen LogP contribution in [0.25, 0.3) is 0 Å². The van der Waals surface area contributed by atoms with Crippen molar-refractivity contribution in [3.63, 3.8) is 0 Å². The van der Waals surface area contributed by atoms with E-state index in [1.807, 2.05) is 31.2 Å². The minimum Gasteiger partial charge on any atom is -0.497 e. The zero-order valence-electron chi connectivity index (χ0n) is 23.2. The second-order valence-corrected chi connectivity index (χ2v) is 9.37. The lowest BCUT2D eigenvalue weighted by Crippen LogP contribution is -2.36. The number of rotatable bonds is 10. The van der Waals surface area contributed by atoms with E-state index in [0.29, 0.717) is 51.8 Å². The van der Waals surface area contributed by atoms with Gasteiger partial charge < -0.3 is 33.7 Å². The fourth-order valence-corrected chi connectivity index (χ4v) is 5.32. The van der Waals surface area contributed by atoms with Gasteiger partial charge in [0.2, 0.25) is 0 Å². The van der Waals surface area contributed by atoms with Crippen LogP contribution < -0.4 is 24.3 Å². The van der Waals surface area contributed by atoms with Crippen LogP contribution in [0, 0.1) is 0 Å². The maximum absolute atomic E-state index is 13.9. The number of carbonyl (C=O) groups excluding carboxylic acids is 2. The van der Waals surface area contributed by atoms with Crippen LogP contribution in [0.15, 0.2) is 58.9 Å². The molecule has 4 rings (SSSR count). The quantitative estimate of drug-likeness (QED) is 0.352. The van der Waals surface area contributed by atoms with Crippen LogP contribution in [0.4, 0.5) is 0 Å². The van der Waals surface area contributed by atoms with Gasteiger partial charge in [-0.25, -0.2) is 4.79 Å². The Balaban J connectivity index is 1.79. The molecule has 0 saturated carbocycles. The molecule has 2 aliphatic rings. The van der Waals surface area contributed by atoms with Crippen LogP contribution in [0.2, 0.25) is 0 Å². The molecule has 1 heterocycles. The molecule has 0 amide bonds. The third-order valence-corrected chi connectivity index (χ3v) is 7.20. The molecule has 1 aliphatic carbocycles. The van der Waals surface area contributed by atoms with Gasteiger partial charge in [0.15, 0.2) is 17.3 Å². The fourth-order valence-electron chi connectivity index (χ4n) is 5.32. The van der Waals surface area contributed by atoms with E-state index in [1.54, 1.807) is 40.6 Å². The molecule has 0 radical (unpaired) electrons. The first-order chi connectivity index (χ1) is 18.9. The Morgan fingerprint density at radius 2 is 1.62 bits per heavy atom. The average molecular weight is 538 g/mol. The number of ether oxygens (including phenoxy) is 6. The van der Waals surface area contributed by atoms with Crippen LogP contribution in [0.3, 0.4) is 0 Å². The van der Waals surface area contributed by atoms with Gasteiger partial charge in [-0.15, -0.1) is 0 Å². The van der Waals surface area contributed by atoms with E-state index in [4.69, 9.17) is 28.4 Å². The molecule has 0 aromatic heterocycles. The van der Waals surface area contributed by atoms with Crippen LogP contribution in [-0.4, -0.2) is 60.5 Å². The second-order valence-electron chi connectivity index (χ2n) is 9.37. The third-order valence-electron chi connectivity index (χ3n) is 7.20. The summed E-state index contributed by atoms with van der Waals surface area (Å²) in [5.41, 5.74) is 3.97. The van der Waals surface area contributed by atoms with Gasteiger partial charge in [0.05, 0.1) is 46.5 Å². The van der Waals surface area contributed by atoms with Gasteiger partial charge in [-0.3, -0.25) is 4.79 Å². The van der Waals surface area contributed by atoms with Crippen molar-refractivity contribution in [2.75, 3.05) is 48.8 Å². The highest BCUT2D eigenvalue weighted by Crippen LogP contribution is 2.48. The smallest absolute Gasteiger partial charge is 0.336 e. The SMILES string of the molecule is COCCOC(=O)C1=C(C)NC2=C(C(=O)C[C@H](c3ccc(OC)c(OC)c3)C2)[C@@H]1c1ccc(OC)cc1OC. The standard InChI is InChI=1S/C30H35NO8/c1-17-27(30(33)39-12-11-34-2)28(21-9-8-20(35-3)16-25(21)37-5)29-22(31-17)13-19(14-23(29)32)18-7-10-24(36-4)26(15-18)38-6/h7-10,15-16,19,28,31H,11-14H2,1-6H3/t19-,28-/m1/s1. The molecule has 0 fully saturated rings. The molecule has 208 valence electrons. The molecule has 9 heteroatoms. The molecule has 2 aromatic rings. The lowest BCUT2D eigenvalue weighted by Gasteiger charge is -2.37. The Kier molecular flexibility index (Phi) is 8.81. The monoisotopic (exact) mass is 537 g/mol. The Bertz CT molecular complexity index is 1310. The van der Waals surface area contributed by atoms with E-state index in [2.05, 4.69) is 5.32 Å². The Morgan fingerprint density at radius 1 is 0.872 bits per heavy atom. The number of allylic oxidation sites excluding steroid dienone is 3. The number of benzene rings is 2. The number of hydrogen-bond acceptors (Lipinski definition) is 9. The minimum absolute atomic E-state index is 0.0545. The number of Topliss-reactive ketones (excluding diaryl/α,β-unsaturated/α-hetero) is 1. The highest BCUT2D eigenvalue weighted by molar-refractivity contribution is 6.04.